The fourth-order valence-electron chi connectivity index (χ4n) is 2.31. The zero-order valence-electron chi connectivity index (χ0n) is 11.1. The topological polar surface area (TPSA) is 65.5 Å². The Hall–Kier alpha value is -1.46. The standard InChI is InChI=1S/C14H21N3O2/c18-13(11-17-7-2-1-3-8-17)10-16-14(19)12-5-4-6-15-9-12/h4-6,9,13,18H,1-3,7-8,10-11H2,(H,16,19)/t13-/m0/s1. The molecule has 1 amide bonds. The molecule has 1 saturated heterocycles. The Balaban J connectivity index is 1.71. The Labute approximate surface area is 113 Å². The summed E-state index contributed by atoms with van der Waals surface area (Å²) in [4.78, 5) is 17.9. The van der Waals surface area contributed by atoms with Gasteiger partial charge in [0.1, 0.15) is 0 Å². The Morgan fingerprint density at radius 1 is 1.42 bits per heavy atom. The molecule has 0 bridgehead atoms. The van der Waals surface area contributed by atoms with Crippen LogP contribution in [0.1, 0.15) is 29.6 Å². The molecule has 1 aliphatic heterocycles. The van der Waals surface area contributed by atoms with Crippen LogP contribution in [0.3, 0.4) is 0 Å². The van der Waals surface area contributed by atoms with Crippen LogP contribution in [-0.2, 0) is 0 Å². The molecular weight excluding hydrogens is 242 g/mol. The predicted octanol–water partition coefficient (Wildman–Crippen LogP) is 0.658. The molecular formula is C14H21N3O2. The maximum absolute atomic E-state index is 11.8. The monoisotopic (exact) mass is 263 g/mol. The number of rotatable bonds is 5. The highest BCUT2D eigenvalue weighted by Gasteiger charge is 2.15. The maximum atomic E-state index is 11.8. The van der Waals surface area contributed by atoms with Crippen LogP contribution in [0.2, 0.25) is 0 Å². The van der Waals surface area contributed by atoms with E-state index in [0.29, 0.717) is 12.1 Å². The first-order valence-corrected chi connectivity index (χ1v) is 6.84. The van der Waals surface area contributed by atoms with Crippen molar-refractivity contribution in [2.75, 3.05) is 26.2 Å². The fraction of sp³-hybridized carbons (Fsp3) is 0.571. The van der Waals surface area contributed by atoms with E-state index < -0.39 is 6.10 Å². The molecule has 0 aliphatic carbocycles. The van der Waals surface area contributed by atoms with Crippen molar-refractivity contribution in [2.24, 2.45) is 0 Å². The second kappa shape index (κ2) is 7.21. The molecule has 0 aromatic carbocycles. The minimum atomic E-state index is -0.515. The van der Waals surface area contributed by atoms with Crippen LogP contribution in [0.15, 0.2) is 24.5 Å². The number of aliphatic hydroxyl groups excluding tert-OH is 1. The minimum Gasteiger partial charge on any atom is -0.390 e. The van der Waals surface area contributed by atoms with E-state index in [-0.39, 0.29) is 12.5 Å². The number of carbonyl (C=O) groups is 1. The van der Waals surface area contributed by atoms with Gasteiger partial charge in [-0.2, -0.15) is 0 Å². The number of β-amino-alcohol motifs (C(OH)–C–C–N with tert-alkyl or cyclic N) is 1. The lowest BCUT2D eigenvalue weighted by Crippen LogP contribution is -2.42. The highest BCUT2D eigenvalue weighted by Crippen LogP contribution is 2.08. The van der Waals surface area contributed by atoms with Gasteiger partial charge in [-0.3, -0.25) is 9.78 Å². The summed E-state index contributed by atoms with van der Waals surface area (Å²) >= 11 is 0. The number of hydrogen-bond donors (Lipinski definition) is 2. The van der Waals surface area contributed by atoms with E-state index >= 15 is 0 Å². The van der Waals surface area contributed by atoms with Crippen molar-refractivity contribution in [2.45, 2.75) is 25.4 Å². The second-order valence-electron chi connectivity index (χ2n) is 4.97. The van der Waals surface area contributed by atoms with Crippen LogP contribution < -0.4 is 5.32 Å². The second-order valence-corrected chi connectivity index (χ2v) is 4.97. The Bertz CT molecular complexity index is 391. The summed E-state index contributed by atoms with van der Waals surface area (Å²) in [6.07, 6.45) is 6.32. The number of piperidine rings is 1. The molecule has 5 heteroatoms. The largest absolute Gasteiger partial charge is 0.390 e. The molecule has 0 saturated carbocycles. The summed E-state index contributed by atoms with van der Waals surface area (Å²) < 4.78 is 0. The Morgan fingerprint density at radius 3 is 2.89 bits per heavy atom. The molecule has 0 spiro atoms. The molecule has 1 aromatic heterocycles. The summed E-state index contributed by atoms with van der Waals surface area (Å²) in [5, 5.41) is 12.7. The van der Waals surface area contributed by atoms with Crippen LogP contribution in [-0.4, -0.2) is 53.2 Å². The summed E-state index contributed by atoms with van der Waals surface area (Å²) in [6, 6.07) is 3.43. The fourth-order valence-corrected chi connectivity index (χ4v) is 2.31. The van der Waals surface area contributed by atoms with Crippen LogP contribution in [0, 0.1) is 0 Å². The first-order chi connectivity index (χ1) is 9.25. The zero-order valence-corrected chi connectivity index (χ0v) is 11.1. The average Bonchev–Trinajstić information content (AvgIpc) is 2.47. The number of likely N-dealkylation sites (tertiary alicyclic amines) is 1. The van der Waals surface area contributed by atoms with Gasteiger partial charge in [0.15, 0.2) is 0 Å². The first-order valence-electron chi connectivity index (χ1n) is 6.84. The van der Waals surface area contributed by atoms with Crippen molar-refractivity contribution in [3.8, 4) is 0 Å². The molecule has 2 rings (SSSR count). The van der Waals surface area contributed by atoms with Crippen molar-refractivity contribution < 1.29 is 9.90 Å². The number of nitrogens with zero attached hydrogens (tertiary/aromatic N) is 2. The molecule has 1 aromatic rings. The number of aliphatic hydroxyl groups is 1. The Morgan fingerprint density at radius 2 is 2.21 bits per heavy atom. The molecule has 19 heavy (non-hydrogen) atoms. The van der Waals surface area contributed by atoms with E-state index in [1.807, 2.05) is 0 Å². The lowest BCUT2D eigenvalue weighted by molar-refractivity contribution is 0.0830. The molecule has 104 valence electrons. The molecule has 5 nitrogen and oxygen atoms in total. The zero-order chi connectivity index (χ0) is 13.5. The van der Waals surface area contributed by atoms with Gasteiger partial charge in [-0.1, -0.05) is 6.42 Å². The van der Waals surface area contributed by atoms with Crippen molar-refractivity contribution in [3.63, 3.8) is 0 Å². The molecule has 1 aliphatic rings. The van der Waals surface area contributed by atoms with Crippen LogP contribution in [0.4, 0.5) is 0 Å². The smallest absolute Gasteiger partial charge is 0.252 e. The molecule has 0 unspecified atom stereocenters. The maximum Gasteiger partial charge on any atom is 0.252 e. The SMILES string of the molecule is O=C(NC[C@H](O)CN1CCCCC1)c1cccnc1. The molecule has 2 N–H and O–H groups in total. The number of amides is 1. The first kappa shape index (κ1) is 14.0. The van der Waals surface area contributed by atoms with Crippen LogP contribution in [0.5, 0.6) is 0 Å². The number of carbonyl (C=O) groups excluding carboxylic acids is 1. The van der Waals surface area contributed by atoms with Gasteiger partial charge in [0.2, 0.25) is 0 Å². The van der Waals surface area contributed by atoms with Crippen molar-refractivity contribution >= 4 is 5.91 Å². The van der Waals surface area contributed by atoms with E-state index in [0.717, 1.165) is 13.1 Å². The van der Waals surface area contributed by atoms with Crippen molar-refractivity contribution in [1.82, 2.24) is 15.2 Å². The lowest BCUT2D eigenvalue weighted by Gasteiger charge is -2.28. The molecule has 2 heterocycles. The van der Waals surface area contributed by atoms with E-state index in [4.69, 9.17) is 0 Å². The average molecular weight is 263 g/mol. The third-order valence-electron chi connectivity index (χ3n) is 3.34. The molecule has 1 atom stereocenters. The van der Waals surface area contributed by atoms with Crippen molar-refractivity contribution in [3.05, 3.63) is 30.1 Å². The van der Waals surface area contributed by atoms with Gasteiger partial charge in [-0.15, -0.1) is 0 Å². The van der Waals surface area contributed by atoms with Gasteiger partial charge in [-0.25, -0.2) is 0 Å². The van der Waals surface area contributed by atoms with Crippen LogP contribution in [0.25, 0.3) is 0 Å². The number of hydrogen-bond acceptors (Lipinski definition) is 4. The van der Waals surface area contributed by atoms with Gasteiger partial charge in [-0.05, 0) is 38.1 Å². The Kier molecular flexibility index (Phi) is 5.30. The van der Waals surface area contributed by atoms with Gasteiger partial charge in [0.05, 0.1) is 11.7 Å². The third-order valence-corrected chi connectivity index (χ3v) is 3.34. The number of nitrogens with one attached hydrogen (secondary N) is 1. The number of aromatic nitrogens is 1. The van der Waals surface area contributed by atoms with Crippen molar-refractivity contribution in [1.29, 1.82) is 0 Å². The highest BCUT2D eigenvalue weighted by atomic mass is 16.3. The van der Waals surface area contributed by atoms with Gasteiger partial charge in [0.25, 0.3) is 5.91 Å². The highest BCUT2D eigenvalue weighted by molar-refractivity contribution is 5.93. The number of pyridine rings is 1. The molecule has 0 radical (unpaired) electrons. The summed E-state index contributed by atoms with van der Waals surface area (Å²) in [5.74, 6) is -0.189. The van der Waals surface area contributed by atoms with Gasteiger partial charge in [0, 0.05) is 25.5 Å². The summed E-state index contributed by atoms with van der Waals surface area (Å²) in [5.41, 5.74) is 0.521. The van der Waals surface area contributed by atoms with Gasteiger partial charge >= 0.3 is 0 Å². The van der Waals surface area contributed by atoms with Crippen LogP contribution >= 0.6 is 0 Å². The van der Waals surface area contributed by atoms with E-state index in [1.54, 1.807) is 18.3 Å². The lowest BCUT2D eigenvalue weighted by atomic mass is 10.1. The quantitative estimate of drug-likeness (QED) is 0.819. The van der Waals surface area contributed by atoms with E-state index in [1.165, 1.54) is 25.5 Å². The normalized spacial score (nSPS) is 17.9. The third kappa shape index (κ3) is 4.61. The minimum absolute atomic E-state index is 0.189. The van der Waals surface area contributed by atoms with E-state index in [9.17, 15) is 9.90 Å². The summed E-state index contributed by atoms with van der Waals surface area (Å²) in [7, 11) is 0. The molecule has 1 fully saturated rings. The predicted molar refractivity (Wildman–Crippen MR) is 72.9 cm³/mol. The van der Waals surface area contributed by atoms with Gasteiger partial charge < -0.3 is 15.3 Å². The van der Waals surface area contributed by atoms with E-state index in [2.05, 4.69) is 15.2 Å². The summed E-state index contributed by atoms with van der Waals surface area (Å²) in [6.45, 7) is 3.01.